The zero-order chi connectivity index (χ0) is 13.4. The average Bonchev–Trinajstić information content (AvgIpc) is 2.35. The van der Waals surface area contributed by atoms with E-state index in [2.05, 4.69) is 17.2 Å². The molecule has 1 aromatic rings. The molecule has 0 spiro atoms. The Morgan fingerprint density at radius 1 is 1.39 bits per heavy atom. The summed E-state index contributed by atoms with van der Waals surface area (Å²) in [6.45, 7) is 3.64. The van der Waals surface area contributed by atoms with Crippen molar-refractivity contribution in [3.63, 3.8) is 0 Å². The van der Waals surface area contributed by atoms with Crippen LogP contribution in [0.4, 0.5) is 5.69 Å². The lowest BCUT2D eigenvalue weighted by Gasteiger charge is -2.08. The van der Waals surface area contributed by atoms with Crippen LogP contribution in [-0.2, 0) is 9.53 Å². The molecule has 0 aromatic heterocycles. The number of aliphatic hydroxyl groups excluding tert-OH is 1. The van der Waals surface area contributed by atoms with Gasteiger partial charge < -0.3 is 15.2 Å². The van der Waals surface area contributed by atoms with Crippen molar-refractivity contribution >= 4 is 11.6 Å². The fraction of sp³-hybridized carbons (Fsp3) is 0.357. The second kappa shape index (κ2) is 7.49. The standard InChI is InChI=1S/C14H17NO3/c1-11(2)18-10-14(17)15-13-7-5-12(6-8-13)4-3-9-16/h5-8,11,16H,9-10H2,1-2H3,(H,15,17). The highest BCUT2D eigenvalue weighted by Gasteiger charge is 2.03. The summed E-state index contributed by atoms with van der Waals surface area (Å²) in [7, 11) is 0. The van der Waals surface area contributed by atoms with E-state index >= 15 is 0 Å². The van der Waals surface area contributed by atoms with Crippen LogP contribution in [-0.4, -0.2) is 30.3 Å². The first-order chi connectivity index (χ1) is 8.61. The first-order valence-corrected chi connectivity index (χ1v) is 5.73. The average molecular weight is 247 g/mol. The molecular formula is C14H17NO3. The van der Waals surface area contributed by atoms with Gasteiger partial charge >= 0.3 is 0 Å². The molecule has 0 saturated heterocycles. The summed E-state index contributed by atoms with van der Waals surface area (Å²) in [5.74, 6) is 5.15. The van der Waals surface area contributed by atoms with Gasteiger partial charge in [-0.2, -0.15) is 0 Å². The number of anilines is 1. The summed E-state index contributed by atoms with van der Waals surface area (Å²) in [5, 5.41) is 11.3. The number of rotatable bonds is 4. The zero-order valence-electron chi connectivity index (χ0n) is 10.6. The van der Waals surface area contributed by atoms with Crippen LogP contribution in [0.5, 0.6) is 0 Å². The number of hydrogen-bond donors (Lipinski definition) is 2. The molecule has 0 fully saturated rings. The molecule has 0 saturated carbocycles. The van der Waals surface area contributed by atoms with E-state index in [1.807, 2.05) is 13.8 Å². The molecule has 0 aliphatic carbocycles. The molecule has 1 aromatic carbocycles. The fourth-order valence-electron chi connectivity index (χ4n) is 1.22. The van der Waals surface area contributed by atoms with Crippen molar-refractivity contribution in [1.82, 2.24) is 0 Å². The van der Waals surface area contributed by atoms with Gasteiger partial charge in [0, 0.05) is 11.3 Å². The third-order valence-corrected chi connectivity index (χ3v) is 2.03. The molecule has 0 aliphatic heterocycles. The second-order valence-corrected chi connectivity index (χ2v) is 3.95. The molecule has 0 aliphatic rings. The van der Waals surface area contributed by atoms with Crippen LogP contribution in [0.1, 0.15) is 19.4 Å². The molecule has 0 radical (unpaired) electrons. The van der Waals surface area contributed by atoms with E-state index in [1.54, 1.807) is 24.3 Å². The number of hydrogen-bond acceptors (Lipinski definition) is 3. The van der Waals surface area contributed by atoms with Crippen LogP contribution in [0, 0.1) is 11.8 Å². The molecule has 96 valence electrons. The lowest BCUT2D eigenvalue weighted by molar-refractivity contribution is -0.121. The molecule has 0 bridgehead atoms. The van der Waals surface area contributed by atoms with Gasteiger partial charge in [-0.1, -0.05) is 11.8 Å². The van der Waals surface area contributed by atoms with E-state index < -0.39 is 0 Å². The fourth-order valence-corrected chi connectivity index (χ4v) is 1.22. The Labute approximate surface area is 107 Å². The van der Waals surface area contributed by atoms with Crippen molar-refractivity contribution < 1.29 is 14.6 Å². The predicted octanol–water partition coefficient (Wildman–Crippen LogP) is 1.39. The second-order valence-electron chi connectivity index (χ2n) is 3.95. The van der Waals surface area contributed by atoms with E-state index in [0.717, 1.165) is 5.56 Å². The topological polar surface area (TPSA) is 58.6 Å². The Hall–Kier alpha value is -1.83. The molecular weight excluding hydrogens is 230 g/mol. The molecule has 1 rings (SSSR count). The third-order valence-electron chi connectivity index (χ3n) is 2.03. The molecule has 0 atom stereocenters. The van der Waals surface area contributed by atoms with Crippen LogP contribution in [0.3, 0.4) is 0 Å². The minimum absolute atomic E-state index is 0.0342. The first kappa shape index (κ1) is 14.2. The summed E-state index contributed by atoms with van der Waals surface area (Å²) in [4.78, 5) is 11.5. The highest BCUT2D eigenvalue weighted by molar-refractivity contribution is 5.91. The molecule has 0 heterocycles. The highest BCUT2D eigenvalue weighted by Crippen LogP contribution is 2.08. The van der Waals surface area contributed by atoms with Crippen LogP contribution in [0.15, 0.2) is 24.3 Å². The van der Waals surface area contributed by atoms with E-state index in [-0.39, 0.29) is 25.2 Å². The minimum Gasteiger partial charge on any atom is -0.384 e. The van der Waals surface area contributed by atoms with Crippen molar-refractivity contribution in [1.29, 1.82) is 0 Å². The van der Waals surface area contributed by atoms with Gasteiger partial charge in [0.2, 0.25) is 5.91 Å². The highest BCUT2D eigenvalue weighted by atomic mass is 16.5. The molecule has 2 N–H and O–H groups in total. The Morgan fingerprint density at radius 3 is 2.61 bits per heavy atom. The molecule has 1 amide bonds. The van der Waals surface area contributed by atoms with Crippen LogP contribution in [0.25, 0.3) is 0 Å². The Kier molecular flexibility index (Phi) is 5.92. The van der Waals surface area contributed by atoms with Gasteiger partial charge in [-0.05, 0) is 38.1 Å². The number of carbonyl (C=O) groups excluding carboxylic acids is 1. The van der Waals surface area contributed by atoms with Gasteiger partial charge in [-0.3, -0.25) is 4.79 Å². The number of benzene rings is 1. The summed E-state index contributed by atoms with van der Waals surface area (Å²) in [6, 6.07) is 7.08. The largest absolute Gasteiger partial charge is 0.384 e. The van der Waals surface area contributed by atoms with Gasteiger partial charge in [0.25, 0.3) is 0 Å². The quantitative estimate of drug-likeness (QED) is 0.791. The lowest BCUT2D eigenvalue weighted by Crippen LogP contribution is -2.20. The SMILES string of the molecule is CC(C)OCC(=O)Nc1ccc(C#CCO)cc1. The first-order valence-electron chi connectivity index (χ1n) is 5.73. The maximum Gasteiger partial charge on any atom is 0.250 e. The summed E-state index contributed by atoms with van der Waals surface area (Å²) >= 11 is 0. The Bertz CT molecular complexity index is 440. The number of carbonyl (C=O) groups is 1. The van der Waals surface area contributed by atoms with Crippen molar-refractivity contribution in [3.8, 4) is 11.8 Å². The normalized spacial score (nSPS) is 9.78. The number of aliphatic hydroxyl groups is 1. The molecule has 4 nitrogen and oxygen atoms in total. The van der Waals surface area contributed by atoms with Gasteiger partial charge in [-0.25, -0.2) is 0 Å². The Balaban J connectivity index is 2.50. The molecule has 18 heavy (non-hydrogen) atoms. The number of nitrogens with one attached hydrogen (secondary N) is 1. The number of amides is 1. The number of ether oxygens (including phenoxy) is 1. The maximum atomic E-state index is 11.5. The van der Waals surface area contributed by atoms with Crippen LogP contribution >= 0.6 is 0 Å². The van der Waals surface area contributed by atoms with E-state index in [4.69, 9.17) is 9.84 Å². The zero-order valence-corrected chi connectivity index (χ0v) is 10.6. The third kappa shape index (κ3) is 5.48. The van der Waals surface area contributed by atoms with Gasteiger partial charge in [-0.15, -0.1) is 0 Å². The van der Waals surface area contributed by atoms with Crippen LogP contribution in [0.2, 0.25) is 0 Å². The Morgan fingerprint density at radius 2 is 2.06 bits per heavy atom. The summed E-state index contributed by atoms with van der Waals surface area (Å²) in [5.41, 5.74) is 1.49. The monoisotopic (exact) mass is 247 g/mol. The maximum absolute atomic E-state index is 11.5. The van der Waals surface area contributed by atoms with Crippen molar-refractivity contribution in [2.45, 2.75) is 20.0 Å². The molecule has 0 unspecified atom stereocenters. The lowest BCUT2D eigenvalue weighted by atomic mass is 10.2. The summed E-state index contributed by atoms with van der Waals surface area (Å²) in [6.07, 6.45) is 0.0342. The summed E-state index contributed by atoms with van der Waals surface area (Å²) < 4.78 is 5.19. The van der Waals surface area contributed by atoms with Gasteiger partial charge in [0.05, 0.1) is 6.10 Å². The van der Waals surface area contributed by atoms with Crippen LogP contribution < -0.4 is 5.32 Å². The van der Waals surface area contributed by atoms with Crippen molar-refractivity contribution in [2.24, 2.45) is 0 Å². The minimum atomic E-state index is -0.183. The van der Waals surface area contributed by atoms with Gasteiger partial charge in [0.1, 0.15) is 13.2 Å². The molecule has 4 heteroatoms. The van der Waals surface area contributed by atoms with Crippen molar-refractivity contribution in [3.05, 3.63) is 29.8 Å². The van der Waals surface area contributed by atoms with Gasteiger partial charge in [0.15, 0.2) is 0 Å². The predicted molar refractivity (Wildman–Crippen MR) is 70.1 cm³/mol. The van der Waals surface area contributed by atoms with E-state index in [9.17, 15) is 4.79 Å². The van der Waals surface area contributed by atoms with E-state index in [1.165, 1.54) is 0 Å². The van der Waals surface area contributed by atoms with E-state index in [0.29, 0.717) is 5.69 Å². The van der Waals surface area contributed by atoms with Crippen molar-refractivity contribution in [2.75, 3.05) is 18.5 Å². The smallest absolute Gasteiger partial charge is 0.250 e.